The Kier molecular flexibility index (Phi) is 8.57. The predicted octanol–water partition coefficient (Wildman–Crippen LogP) is 1.22. The number of hydrogen-bond donors (Lipinski definition) is 2. The second-order valence-corrected chi connectivity index (χ2v) is 9.97. The molecule has 3 heterocycles. The van der Waals surface area contributed by atoms with Gasteiger partial charge in [0.25, 0.3) is 5.91 Å². The Labute approximate surface area is 219 Å². The Balaban J connectivity index is 1.66. The van der Waals surface area contributed by atoms with E-state index in [0.717, 1.165) is 4.68 Å². The first-order valence-electron chi connectivity index (χ1n) is 12.7. The van der Waals surface area contributed by atoms with Gasteiger partial charge in [0.05, 0.1) is 31.8 Å². The van der Waals surface area contributed by atoms with Crippen LogP contribution in [0, 0.1) is 17.7 Å². The van der Waals surface area contributed by atoms with Gasteiger partial charge in [-0.1, -0.05) is 31.2 Å². The quantitative estimate of drug-likeness (QED) is 0.542. The van der Waals surface area contributed by atoms with Crippen LogP contribution in [-0.2, 0) is 16.1 Å². The number of para-hydroxylation sites is 1. The van der Waals surface area contributed by atoms with Gasteiger partial charge in [-0.3, -0.25) is 9.59 Å². The minimum Gasteiger partial charge on any atom is -0.465 e. The van der Waals surface area contributed by atoms with Gasteiger partial charge in [-0.25, -0.2) is 13.9 Å². The number of morpholine rings is 1. The molecule has 2 N–H and O–H groups in total. The number of aliphatic hydroxyl groups is 1. The zero-order chi connectivity index (χ0) is 27.4. The molecular weight excluding hydrogens is 499 g/mol. The van der Waals surface area contributed by atoms with E-state index in [1.54, 1.807) is 11.0 Å². The molecule has 13 heteroatoms. The van der Waals surface area contributed by atoms with Crippen molar-refractivity contribution < 1.29 is 33.7 Å². The van der Waals surface area contributed by atoms with Gasteiger partial charge in [0.15, 0.2) is 5.69 Å². The molecule has 2 aromatic rings. The number of aliphatic hydroxyl groups excluding tert-OH is 1. The highest BCUT2D eigenvalue weighted by molar-refractivity contribution is 5.94. The molecule has 0 spiro atoms. The van der Waals surface area contributed by atoms with Gasteiger partial charge in [-0.05, 0) is 24.5 Å². The first-order chi connectivity index (χ1) is 18.2. The van der Waals surface area contributed by atoms with Crippen LogP contribution in [-0.4, -0.2) is 110 Å². The number of carbonyl (C=O) groups is 3. The van der Waals surface area contributed by atoms with E-state index in [0.29, 0.717) is 26.3 Å². The topological polar surface area (TPSA) is 141 Å². The third-order valence-corrected chi connectivity index (χ3v) is 6.83. The largest absolute Gasteiger partial charge is 0.465 e. The Morgan fingerprint density at radius 2 is 1.87 bits per heavy atom. The fraction of sp³-hybridized carbons (Fsp3) is 0.560. The van der Waals surface area contributed by atoms with Crippen LogP contribution in [0.2, 0.25) is 0 Å². The molecule has 2 saturated heterocycles. The normalized spacial score (nSPS) is 20.0. The molecule has 1 aromatic heterocycles. The molecule has 2 aliphatic rings. The van der Waals surface area contributed by atoms with E-state index in [9.17, 15) is 29.0 Å². The number of nitrogens with zero attached hydrogens (tertiary/aromatic N) is 6. The number of halogens is 1. The number of piperidine rings is 1. The number of ether oxygens (including phenoxy) is 1. The van der Waals surface area contributed by atoms with E-state index in [1.165, 1.54) is 28.0 Å². The highest BCUT2D eigenvalue weighted by atomic mass is 19.1. The lowest BCUT2D eigenvalue weighted by molar-refractivity contribution is -0.142. The molecular formula is C25H33FN6O6. The smallest absolute Gasteiger partial charge is 0.407 e. The van der Waals surface area contributed by atoms with E-state index in [-0.39, 0.29) is 55.0 Å². The minimum absolute atomic E-state index is 0.00624. The summed E-state index contributed by atoms with van der Waals surface area (Å²) in [5, 5.41) is 27.8. The number of carboxylic acid groups (broad SMARTS) is 1. The number of hydrogen-bond acceptors (Lipinski definition) is 7. The Morgan fingerprint density at radius 3 is 2.50 bits per heavy atom. The SMILES string of the molecule is CC(C)CN(C(=O)c1nnn(-c2ccccc2F)c1CO)[C@H]1C[C@@H](C(=O)N2CCOCC2)CN(C(=O)O)C1. The van der Waals surface area contributed by atoms with Crippen molar-refractivity contribution in [3.8, 4) is 5.69 Å². The van der Waals surface area contributed by atoms with Crippen LogP contribution < -0.4 is 0 Å². The van der Waals surface area contributed by atoms with Crippen LogP contribution in [0.5, 0.6) is 0 Å². The summed E-state index contributed by atoms with van der Waals surface area (Å²) in [6.45, 7) is 5.23. The van der Waals surface area contributed by atoms with Gasteiger partial charge in [0.1, 0.15) is 17.2 Å². The van der Waals surface area contributed by atoms with Crippen molar-refractivity contribution in [2.75, 3.05) is 45.9 Å². The second kappa shape index (κ2) is 11.9. The van der Waals surface area contributed by atoms with Crippen molar-refractivity contribution in [3.05, 3.63) is 41.5 Å². The molecule has 38 heavy (non-hydrogen) atoms. The highest BCUT2D eigenvalue weighted by Crippen LogP contribution is 2.27. The lowest BCUT2D eigenvalue weighted by atomic mass is 9.91. The monoisotopic (exact) mass is 532 g/mol. The first-order valence-corrected chi connectivity index (χ1v) is 12.7. The van der Waals surface area contributed by atoms with Gasteiger partial charge in [0.2, 0.25) is 5.91 Å². The molecule has 2 aliphatic heterocycles. The lowest BCUT2D eigenvalue weighted by Crippen LogP contribution is -2.58. The van der Waals surface area contributed by atoms with Crippen LogP contribution in [0.15, 0.2) is 24.3 Å². The molecule has 12 nitrogen and oxygen atoms in total. The van der Waals surface area contributed by atoms with E-state index < -0.39 is 36.4 Å². The van der Waals surface area contributed by atoms with Gasteiger partial charge in [-0.2, -0.15) is 0 Å². The highest BCUT2D eigenvalue weighted by Gasteiger charge is 2.41. The molecule has 1 aromatic carbocycles. The number of amides is 3. The molecule has 0 aliphatic carbocycles. The van der Waals surface area contributed by atoms with Crippen LogP contribution in [0.3, 0.4) is 0 Å². The molecule has 0 saturated carbocycles. The third kappa shape index (κ3) is 5.78. The van der Waals surface area contributed by atoms with E-state index >= 15 is 0 Å². The van der Waals surface area contributed by atoms with Crippen LogP contribution in [0.1, 0.15) is 36.5 Å². The molecule has 4 rings (SSSR count). The van der Waals surface area contributed by atoms with E-state index in [4.69, 9.17) is 4.74 Å². The van der Waals surface area contributed by atoms with Gasteiger partial charge in [-0.15, -0.1) is 5.10 Å². The number of carbonyl (C=O) groups excluding carboxylic acids is 2. The molecule has 2 atom stereocenters. The van der Waals surface area contributed by atoms with Crippen molar-refractivity contribution in [1.82, 2.24) is 29.7 Å². The summed E-state index contributed by atoms with van der Waals surface area (Å²) in [7, 11) is 0. The molecule has 0 unspecified atom stereocenters. The van der Waals surface area contributed by atoms with Gasteiger partial charge in [0, 0.05) is 32.7 Å². The van der Waals surface area contributed by atoms with Crippen molar-refractivity contribution in [2.24, 2.45) is 11.8 Å². The van der Waals surface area contributed by atoms with Crippen LogP contribution >= 0.6 is 0 Å². The number of likely N-dealkylation sites (tertiary alicyclic amines) is 1. The first kappa shape index (κ1) is 27.5. The molecule has 3 amide bonds. The fourth-order valence-electron chi connectivity index (χ4n) is 5.03. The molecule has 2 fully saturated rings. The Morgan fingerprint density at radius 1 is 1.16 bits per heavy atom. The molecule has 0 bridgehead atoms. The Bertz CT molecular complexity index is 1170. The van der Waals surface area contributed by atoms with E-state index in [1.807, 2.05) is 13.8 Å². The van der Waals surface area contributed by atoms with Crippen molar-refractivity contribution in [2.45, 2.75) is 32.9 Å². The third-order valence-electron chi connectivity index (χ3n) is 6.83. The van der Waals surface area contributed by atoms with Crippen molar-refractivity contribution in [1.29, 1.82) is 0 Å². The summed E-state index contributed by atoms with van der Waals surface area (Å²) in [5.74, 6) is -1.95. The summed E-state index contributed by atoms with van der Waals surface area (Å²) in [6.07, 6.45) is -0.901. The average molecular weight is 533 g/mol. The van der Waals surface area contributed by atoms with Crippen LogP contribution in [0.25, 0.3) is 5.69 Å². The summed E-state index contributed by atoms with van der Waals surface area (Å²) >= 11 is 0. The van der Waals surface area contributed by atoms with Gasteiger partial charge >= 0.3 is 6.09 Å². The zero-order valence-electron chi connectivity index (χ0n) is 21.5. The average Bonchev–Trinajstić information content (AvgIpc) is 3.35. The number of rotatable bonds is 7. The van der Waals surface area contributed by atoms with Gasteiger partial charge < -0.3 is 29.6 Å². The minimum atomic E-state index is -1.17. The van der Waals surface area contributed by atoms with Crippen LogP contribution in [0.4, 0.5) is 9.18 Å². The number of aromatic nitrogens is 3. The zero-order valence-corrected chi connectivity index (χ0v) is 21.5. The fourth-order valence-corrected chi connectivity index (χ4v) is 5.03. The maximum atomic E-state index is 14.4. The Hall–Kier alpha value is -3.58. The summed E-state index contributed by atoms with van der Waals surface area (Å²) in [4.78, 5) is 43.5. The molecule has 206 valence electrons. The summed E-state index contributed by atoms with van der Waals surface area (Å²) < 4.78 is 20.9. The summed E-state index contributed by atoms with van der Waals surface area (Å²) in [6, 6.07) is 5.18. The predicted molar refractivity (Wildman–Crippen MR) is 132 cm³/mol. The van der Waals surface area contributed by atoms with Crippen molar-refractivity contribution in [3.63, 3.8) is 0 Å². The van der Waals surface area contributed by atoms with Crippen molar-refractivity contribution >= 4 is 17.9 Å². The second-order valence-electron chi connectivity index (χ2n) is 9.97. The lowest BCUT2D eigenvalue weighted by Gasteiger charge is -2.43. The van der Waals surface area contributed by atoms with E-state index in [2.05, 4.69) is 10.3 Å². The maximum Gasteiger partial charge on any atom is 0.407 e. The maximum absolute atomic E-state index is 14.4. The standard InChI is InChI=1S/C25H33FN6O6/c1-16(2)12-31(24(35)22-21(15-33)32(28-27-22)20-6-4-3-5-19(20)26)18-11-17(13-30(14-18)25(36)37)23(34)29-7-9-38-10-8-29/h3-6,16-18,33H,7-15H2,1-2H3,(H,36,37)/t17-,18+/m1/s1. The molecule has 0 radical (unpaired) electrons. The summed E-state index contributed by atoms with van der Waals surface area (Å²) in [5.41, 5.74) is -0.106. The number of benzene rings is 1.